The first kappa shape index (κ1) is 15.0. The van der Waals surface area contributed by atoms with Crippen LogP contribution in [-0.4, -0.2) is 5.97 Å². The predicted octanol–water partition coefficient (Wildman–Crippen LogP) is 4.14. The molecule has 0 saturated heterocycles. The van der Waals surface area contributed by atoms with Gasteiger partial charge in [0, 0.05) is 0 Å². The van der Waals surface area contributed by atoms with Gasteiger partial charge < -0.3 is 9.15 Å². The third-order valence-corrected chi connectivity index (χ3v) is 3.63. The highest BCUT2D eigenvalue weighted by atomic mass is 16.5. The summed E-state index contributed by atoms with van der Waals surface area (Å²) in [5.74, 6) is 0.0913. The molecule has 23 heavy (non-hydrogen) atoms. The summed E-state index contributed by atoms with van der Waals surface area (Å²) in [4.78, 5) is 23.9. The Hall–Kier alpha value is -2.88. The lowest BCUT2D eigenvalue weighted by molar-refractivity contribution is 0.0736. The molecule has 4 nitrogen and oxygen atoms in total. The zero-order valence-corrected chi connectivity index (χ0v) is 12.9. The monoisotopic (exact) mass is 308 g/mol. The van der Waals surface area contributed by atoms with Crippen molar-refractivity contribution in [2.45, 2.75) is 19.8 Å². The van der Waals surface area contributed by atoms with Gasteiger partial charge in [-0.15, -0.1) is 0 Å². The van der Waals surface area contributed by atoms with Gasteiger partial charge >= 0.3 is 11.6 Å². The molecule has 0 aliphatic rings. The second-order valence-electron chi connectivity index (χ2n) is 5.59. The lowest BCUT2D eigenvalue weighted by Gasteiger charge is -2.08. The van der Waals surface area contributed by atoms with Gasteiger partial charge in [-0.25, -0.2) is 9.59 Å². The van der Waals surface area contributed by atoms with E-state index < -0.39 is 11.6 Å². The van der Waals surface area contributed by atoms with Crippen LogP contribution in [0.3, 0.4) is 0 Å². The number of carbonyl (C=O) groups excluding carboxylic acids is 1. The Morgan fingerprint density at radius 1 is 1.04 bits per heavy atom. The number of rotatable bonds is 3. The third-order valence-electron chi connectivity index (χ3n) is 3.63. The minimum Gasteiger partial charge on any atom is -0.422 e. The molecule has 3 rings (SSSR count). The van der Waals surface area contributed by atoms with Crippen LogP contribution in [0.2, 0.25) is 0 Å². The smallest absolute Gasteiger partial charge is 0.343 e. The first-order chi connectivity index (χ1) is 11.0. The fourth-order valence-electron chi connectivity index (χ4n) is 2.33. The maximum Gasteiger partial charge on any atom is 0.343 e. The second kappa shape index (κ2) is 6.08. The lowest BCUT2D eigenvalue weighted by atomic mass is 10.0. The van der Waals surface area contributed by atoms with Crippen LogP contribution < -0.4 is 10.4 Å². The second-order valence-corrected chi connectivity index (χ2v) is 5.59. The molecule has 0 aliphatic heterocycles. The SMILES string of the molecule is CC(C)c1ccc(C(=O)Oc2cc(=O)oc3ccccc23)cc1. The molecule has 1 heterocycles. The summed E-state index contributed by atoms with van der Waals surface area (Å²) >= 11 is 0. The minimum atomic E-state index is -0.554. The van der Waals surface area contributed by atoms with Gasteiger partial charge in [0.2, 0.25) is 0 Å². The summed E-state index contributed by atoms with van der Waals surface area (Å²) in [6.45, 7) is 4.17. The normalized spacial score (nSPS) is 10.9. The van der Waals surface area contributed by atoms with Gasteiger partial charge in [0.15, 0.2) is 0 Å². The standard InChI is InChI=1S/C19H16O4/c1-12(2)13-7-9-14(10-8-13)19(21)23-17-11-18(20)22-16-6-4-3-5-15(16)17/h3-12H,1-2H3. The van der Waals surface area contributed by atoms with Crippen molar-refractivity contribution in [1.29, 1.82) is 0 Å². The summed E-state index contributed by atoms with van der Waals surface area (Å²) in [5.41, 5.74) is 1.42. The van der Waals surface area contributed by atoms with E-state index >= 15 is 0 Å². The van der Waals surface area contributed by atoms with E-state index in [0.717, 1.165) is 5.56 Å². The van der Waals surface area contributed by atoms with Gasteiger partial charge in [0.1, 0.15) is 11.3 Å². The van der Waals surface area contributed by atoms with Crippen molar-refractivity contribution in [2.24, 2.45) is 0 Å². The van der Waals surface area contributed by atoms with Crippen LogP contribution in [0, 0.1) is 0 Å². The molecular weight excluding hydrogens is 292 g/mol. The van der Waals surface area contributed by atoms with Crippen LogP contribution in [0.15, 0.2) is 63.8 Å². The van der Waals surface area contributed by atoms with Gasteiger partial charge in [-0.1, -0.05) is 38.1 Å². The van der Waals surface area contributed by atoms with Crippen LogP contribution in [-0.2, 0) is 0 Å². The molecule has 0 aliphatic carbocycles. The molecule has 4 heteroatoms. The Morgan fingerprint density at radius 2 is 1.74 bits per heavy atom. The highest BCUT2D eigenvalue weighted by molar-refractivity contribution is 5.94. The van der Waals surface area contributed by atoms with Crippen LogP contribution >= 0.6 is 0 Å². The summed E-state index contributed by atoms with van der Waals surface area (Å²) in [6, 6.07) is 15.4. The van der Waals surface area contributed by atoms with Gasteiger partial charge in [-0.05, 0) is 35.7 Å². The molecule has 0 fully saturated rings. The first-order valence-electron chi connectivity index (χ1n) is 7.39. The highest BCUT2D eigenvalue weighted by Gasteiger charge is 2.13. The minimum absolute atomic E-state index is 0.204. The quantitative estimate of drug-likeness (QED) is 0.539. The number of hydrogen-bond donors (Lipinski definition) is 0. The number of ether oxygens (including phenoxy) is 1. The summed E-state index contributed by atoms with van der Waals surface area (Å²) in [5, 5.41) is 0.583. The number of benzene rings is 2. The van der Waals surface area contributed by atoms with Crippen molar-refractivity contribution >= 4 is 16.9 Å². The fourth-order valence-corrected chi connectivity index (χ4v) is 2.33. The van der Waals surface area contributed by atoms with E-state index in [0.29, 0.717) is 22.5 Å². The van der Waals surface area contributed by atoms with Crippen LogP contribution in [0.4, 0.5) is 0 Å². The van der Waals surface area contributed by atoms with Crippen LogP contribution in [0.5, 0.6) is 5.75 Å². The van der Waals surface area contributed by atoms with Crippen LogP contribution in [0.25, 0.3) is 11.0 Å². The average molecular weight is 308 g/mol. The largest absolute Gasteiger partial charge is 0.422 e. The number of fused-ring (bicyclic) bond motifs is 1. The molecule has 1 aromatic heterocycles. The topological polar surface area (TPSA) is 56.5 Å². The van der Waals surface area contributed by atoms with Gasteiger partial charge in [0.25, 0.3) is 0 Å². The zero-order valence-electron chi connectivity index (χ0n) is 12.9. The molecular formula is C19H16O4. The molecule has 3 aromatic rings. The van der Waals surface area contributed by atoms with Gasteiger partial charge in [0.05, 0.1) is 17.0 Å². The highest BCUT2D eigenvalue weighted by Crippen LogP contribution is 2.24. The molecule has 0 N–H and O–H groups in total. The number of esters is 1. The van der Waals surface area contributed by atoms with E-state index in [1.807, 2.05) is 12.1 Å². The Kier molecular flexibility index (Phi) is 3.98. The molecule has 0 atom stereocenters. The molecule has 0 amide bonds. The van der Waals surface area contributed by atoms with E-state index in [4.69, 9.17) is 9.15 Å². The van der Waals surface area contributed by atoms with Crippen molar-refractivity contribution in [3.05, 3.63) is 76.1 Å². The number of para-hydroxylation sites is 1. The molecule has 0 spiro atoms. The maximum atomic E-state index is 12.3. The van der Waals surface area contributed by atoms with E-state index in [2.05, 4.69) is 13.8 Å². The predicted molar refractivity (Wildman–Crippen MR) is 88.0 cm³/mol. The van der Waals surface area contributed by atoms with Crippen molar-refractivity contribution < 1.29 is 13.9 Å². The van der Waals surface area contributed by atoms with Crippen molar-refractivity contribution in [1.82, 2.24) is 0 Å². The molecule has 116 valence electrons. The van der Waals surface area contributed by atoms with Crippen molar-refractivity contribution in [3.63, 3.8) is 0 Å². The van der Waals surface area contributed by atoms with E-state index in [1.54, 1.807) is 36.4 Å². The average Bonchev–Trinajstić information content (AvgIpc) is 2.54. The Balaban J connectivity index is 1.92. The summed E-state index contributed by atoms with van der Waals surface area (Å²) in [7, 11) is 0. The lowest BCUT2D eigenvalue weighted by Crippen LogP contribution is -2.10. The summed E-state index contributed by atoms with van der Waals surface area (Å²) < 4.78 is 10.5. The summed E-state index contributed by atoms with van der Waals surface area (Å²) in [6.07, 6.45) is 0. The molecule has 2 aromatic carbocycles. The van der Waals surface area contributed by atoms with Crippen molar-refractivity contribution in [3.8, 4) is 5.75 Å². The van der Waals surface area contributed by atoms with Crippen LogP contribution in [0.1, 0.15) is 35.7 Å². The molecule has 0 bridgehead atoms. The number of carbonyl (C=O) groups is 1. The Labute approximate surface area is 133 Å². The van der Waals surface area contributed by atoms with E-state index in [1.165, 1.54) is 6.07 Å². The third kappa shape index (κ3) is 3.16. The van der Waals surface area contributed by atoms with Crippen molar-refractivity contribution in [2.75, 3.05) is 0 Å². The van der Waals surface area contributed by atoms with E-state index in [-0.39, 0.29) is 5.75 Å². The molecule has 0 unspecified atom stereocenters. The fraction of sp³-hybridized carbons (Fsp3) is 0.158. The Morgan fingerprint density at radius 3 is 2.43 bits per heavy atom. The van der Waals surface area contributed by atoms with E-state index in [9.17, 15) is 9.59 Å². The van der Waals surface area contributed by atoms with Gasteiger partial charge in [-0.2, -0.15) is 0 Å². The zero-order chi connectivity index (χ0) is 16.4. The maximum absolute atomic E-state index is 12.3. The molecule has 0 saturated carbocycles. The van der Waals surface area contributed by atoms with Gasteiger partial charge in [-0.3, -0.25) is 0 Å². The molecule has 0 radical (unpaired) electrons. The number of hydrogen-bond acceptors (Lipinski definition) is 4. The Bertz CT molecular complexity index is 905. The first-order valence-corrected chi connectivity index (χ1v) is 7.39.